The molecule has 0 aliphatic rings. The fourth-order valence-corrected chi connectivity index (χ4v) is 3.30. The van der Waals surface area contributed by atoms with E-state index < -0.39 is 16.1 Å². The van der Waals surface area contributed by atoms with Crippen LogP contribution in [-0.4, -0.2) is 20.6 Å². The van der Waals surface area contributed by atoms with Gasteiger partial charge in [0.25, 0.3) is 10.0 Å². The van der Waals surface area contributed by atoms with Gasteiger partial charge in [-0.3, -0.25) is 4.31 Å². The van der Waals surface area contributed by atoms with Crippen LogP contribution in [0.2, 0.25) is 0 Å². The van der Waals surface area contributed by atoms with E-state index in [2.05, 4.69) is 0 Å². The van der Waals surface area contributed by atoms with E-state index >= 15 is 0 Å². The standard InChI is InChI=1S/C16H19NO3S/c1-12-6-4-8-15(10-12)17(3)21(19,20)16-9-5-7-14(11-16)13(2)18/h4-11,13,18H,1-3H3. The van der Waals surface area contributed by atoms with E-state index in [-0.39, 0.29) is 4.90 Å². The Kier molecular flexibility index (Phi) is 4.34. The van der Waals surface area contributed by atoms with E-state index in [0.29, 0.717) is 11.3 Å². The molecule has 0 saturated carbocycles. The molecule has 0 fully saturated rings. The second-order valence-corrected chi connectivity index (χ2v) is 7.03. The Morgan fingerprint density at radius 3 is 2.38 bits per heavy atom. The summed E-state index contributed by atoms with van der Waals surface area (Å²) in [4.78, 5) is 0.171. The van der Waals surface area contributed by atoms with E-state index in [0.717, 1.165) is 5.56 Å². The quantitative estimate of drug-likeness (QED) is 0.945. The summed E-state index contributed by atoms with van der Waals surface area (Å²) in [6.45, 7) is 3.52. The van der Waals surface area contributed by atoms with Crippen molar-refractivity contribution >= 4 is 15.7 Å². The van der Waals surface area contributed by atoms with Crippen molar-refractivity contribution in [1.29, 1.82) is 0 Å². The maximum Gasteiger partial charge on any atom is 0.264 e. The highest BCUT2D eigenvalue weighted by molar-refractivity contribution is 7.92. The van der Waals surface area contributed by atoms with Gasteiger partial charge in [-0.05, 0) is 49.2 Å². The topological polar surface area (TPSA) is 57.6 Å². The largest absolute Gasteiger partial charge is 0.389 e. The molecule has 1 atom stereocenters. The highest BCUT2D eigenvalue weighted by Gasteiger charge is 2.22. The summed E-state index contributed by atoms with van der Waals surface area (Å²) in [5, 5.41) is 9.60. The third-order valence-corrected chi connectivity index (χ3v) is 5.15. The molecule has 0 aliphatic carbocycles. The molecule has 4 nitrogen and oxygen atoms in total. The first-order valence-corrected chi connectivity index (χ1v) is 8.10. The third kappa shape index (κ3) is 3.25. The van der Waals surface area contributed by atoms with Crippen LogP contribution in [0.25, 0.3) is 0 Å². The number of anilines is 1. The van der Waals surface area contributed by atoms with Gasteiger partial charge >= 0.3 is 0 Å². The lowest BCUT2D eigenvalue weighted by Crippen LogP contribution is -2.26. The molecule has 0 saturated heterocycles. The molecule has 112 valence electrons. The molecule has 0 radical (unpaired) electrons. The van der Waals surface area contributed by atoms with Crippen molar-refractivity contribution in [2.75, 3.05) is 11.4 Å². The van der Waals surface area contributed by atoms with Crippen LogP contribution in [0, 0.1) is 6.92 Å². The number of sulfonamides is 1. The van der Waals surface area contributed by atoms with Gasteiger partial charge in [0.1, 0.15) is 0 Å². The van der Waals surface area contributed by atoms with Crippen molar-refractivity contribution in [2.45, 2.75) is 24.8 Å². The SMILES string of the molecule is Cc1cccc(N(C)S(=O)(=O)c2cccc(C(C)O)c2)c1. The van der Waals surface area contributed by atoms with E-state index in [1.165, 1.54) is 23.5 Å². The first-order valence-electron chi connectivity index (χ1n) is 6.66. The van der Waals surface area contributed by atoms with Crippen molar-refractivity contribution in [3.05, 3.63) is 59.7 Å². The molecular formula is C16H19NO3S. The Morgan fingerprint density at radius 2 is 1.76 bits per heavy atom. The number of rotatable bonds is 4. The van der Waals surface area contributed by atoms with Gasteiger partial charge in [0.2, 0.25) is 0 Å². The molecule has 0 aromatic heterocycles. The van der Waals surface area contributed by atoms with Crippen LogP contribution in [0.5, 0.6) is 0 Å². The summed E-state index contributed by atoms with van der Waals surface area (Å²) >= 11 is 0. The van der Waals surface area contributed by atoms with Crippen LogP contribution in [0.4, 0.5) is 5.69 Å². The molecule has 2 rings (SSSR count). The number of hydrogen-bond acceptors (Lipinski definition) is 3. The van der Waals surface area contributed by atoms with Crippen molar-refractivity contribution in [3.8, 4) is 0 Å². The molecule has 21 heavy (non-hydrogen) atoms. The molecule has 5 heteroatoms. The van der Waals surface area contributed by atoms with Gasteiger partial charge in [0.05, 0.1) is 16.7 Å². The van der Waals surface area contributed by atoms with Gasteiger partial charge < -0.3 is 5.11 Å². The van der Waals surface area contributed by atoms with Crippen LogP contribution in [0.3, 0.4) is 0 Å². The average Bonchev–Trinajstić information content (AvgIpc) is 2.46. The Bertz CT molecular complexity index is 739. The maximum atomic E-state index is 12.7. The lowest BCUT2D eigenvalue weighted by Gasteiger charge is -2.20. The molecule has 0 aliphatic heterocycles. The molecule has 2 aromatic rings. The Morgan fingerprint density at radius 1 is 1.10 bits per heavy atom. The molecule has 2 aromatic carbocycles. The zero-order valence-electron chi connectivity index (χ0n) is 12.3. The first kappa shape index (κ1) is 15.5. The number of aliphatic hydroxyl groups is 1. The number of benzene rings is 2. The Hall–Kier alpha value is -1.85. The molecule has 1 N–H and O–H groups in total. The van der Waals surface area contributed by atoms with Crippen molar-refractivity contribution in [3.63, 3.8) is 0 Å². The van der Waals surface area contributed by atoms with Crippen LogP contribution in [0.1, 0.15) is 24.2 Å². The third-order valence-electron chi connectivity index (χ3n) is 3.36. The normalized spacial score (nSPS) is 13.0. The number of aryl methyl sites for hydroxylation is 1. The summed E-state index contributed by atoms with van der Waals surface area (Å²) < 4.78 is 26.6. The minimum absolute atomic E-state index is 0.171. The summed E-state index contributed by atoms with van der Waals surface area (Å²) in [6, 6.07) is 13.7. The van der Waals surface area contributed by atoms with Crippen molar-refractivity contribution < 1.29 is 13.5 Å². The fraction of sp³-hybridized carbons (Fsp3) is 0.250. The Labute approximate surface area is 125 Å². The van der Waals surface area contributed by atoms with Gasteiger partial charge in [-0.1, -0.05) is 24.3 Å². The molecule has 0 amide bonds. The minimum atomic E-state index is -3.64. The fourth-order valence-electron chi connectivity index (χ4n) is 2.06. The average molecular weight is 305 g/mol. The van der Waals surface area contributed by atoms with Crippen molar-refractivity contribution in [2.24, 2.45) is 0 Å². The second kappa shape index (κ2) is 5.87. The highest BCUT2D eigenvalue weighted by atomic mass is 32.2. The van der Waals surface area contributed by atoms with Crippen molar-refractivity contribution in [1.82, 2.24) is 0 Å². The summed E-state index contributed by atoms with van der Waals surface area (Å²) in [6.07, 6.45) is -0.704. The highest BCUT2D eigenvalue weighted by Crippen LogP contribution is 2.24. The van der Waals surface area contributed by atoms with Gasteiger partial charge in [-0.25, -0.2) is 8.42 Å². The summed E-state index contributed by atoms with van der Waals surface area (Å²) in [7, 11) is -2.12. The number of hydrogen-bond donors (Lipinski definition) is 1. The molecule has 0 bridgehead atoms. The minimum Gasteiger partial charge on any atom is -0.389 e. The van der Waals surface area contributed by atoms with Crippen LogP contribution in [0.15, 0.2) is 53.4 Å². The zero-order valence-corrected chi connectivity index (χ0v) is 13.1. The van der Waals surface area contributed by atoms with Gasteiger partial charge in [0.15, 0.2) is 0 Å². The molecule has 0 heterocycles. The van der Waals surface area contributed by atoms with Crippen LogP contribution < -0.4 is 4.31 Å². The van der Waals surface area contributed by atoms with E-state index in [4.69, 9.17) is 0 Å². The smallest absolute Gasteiger partial charge is 0.264 e. The lowest BCUT2D eigenvalue weighted by molar-refractivity contribution is 0.199. The molecule has 1 unspecified atom stereocenters. The Balaban J connectivity index is 2.44. The number of nitrogens with zero attached hydrogens (tertiary/aromatic N) is 1. The first-order chi connectivity index (χ1) is 9.82. The van der Waals surface area contributed by atoms with Gasteiger partial charge in [-0.2, -0.15) is 0 Å². The number of aliphatic hydroxyl groups excluding tert-OH is 1. The molecule has 0 spiro atoms. The van der Waals surface area contributed by atoms with Crippen LogP contribution in [-0.2, 0) is 10.0 Å². The summed E-state index contributed by atoms with van der Waals surface area (Å²) in [5.74, 6) is 0. The van der Waals surface area contributed by atoms with Gasteiger partial charge in [0, 0.05) is 7.05 Å². The van der Waals surface area contributed by atoms with E-state index in [9.17, 15) is 13.5 Å². The van der Waals surface area contributed by atoms with E-state index in [1.807, 2.05) is 25.1 Å². The van der Waals surface area contributed by atoms with Crippen LogP contribution >= 0.6 is 0 Å². The predicted octanol–water partition coefficient (Wildman–Crippen LogP) is 2.87. The van der Waals surface area contributed by atoms with E-state index in [1.54, 1.807) is 25.1 Å². The predicted molar refractivity (Wildman–Crippen MR) is 83.8 cm³/mol. The zero-order chi connectivity index (χ0) is 15.6. The van der Waals surface area contributed by atoms with Gasteiger partial charge in [-0.15, -0.1) is 0 Å². The monoisotopic (exact) mass is 305 g/mol. The second-order valence-electron chi connectivity index (χ2n) is 5.06. The summed E-state index contributed by atoms with van der Waals surface area (Å²) in [5.41, 5.74) is 2.18. The maximum absolute atomic E-state index is 12.7. The molecular weight excluding hydrogens is 286 g/mol. The lowest BCUT2D eigenvalue weighted by atomic mass is 10.1.